The van der Waals surface area contributed by atoms with Crippen molar-refractivity contribution in [1.29, 1.82) is 0 Å². The smallest absolute Gasteiger partial charge is 0.335 e. The minimum absolute atomic E-state index is 0.357. The predicted octanol–water partition coefficient (Wildman–Crippen LogP) is 3.42. The predicted molar refractivity (Wildman–Crippen MR) is 79.8 cm³/mol. The molecule has 1 heterocycles. The first-order valence-corrected chi connectivity index (χ1v) is 7.52. The molecule has 1 N–H and O–H groups in total. The van der Waals surface area contributed by atoms with Crippen LogP contribution in [0.4, 0.5) is 0 Å². The molecule has 3 heteroatoms. The number of benzene rings is 1. The standard InChI is InChI=1S/C17H21NO2/c19-17(20)14-8-6-13(7-9-14)12-15-4-1-2-5-16(15)18-10-3-11-18/h6-9,12,16H,1-5,10-11H2,(H,19,20). The molecule has 1 aromatic rings. The van der Waals surface area contributed by atoms with E-state index in [4.69, 9.17) is 5.11 Å². The second-order valence-corrected chi connectivity index (χ2v) is 5.80. The Morgan fingerprint density at radius 1 is 1.15 bits per heavy atom. The summed E-state index contributed by atoms with van der Waals surface area (Å²) in [6.07, 6.45) is 8.67. The Balaban J connectivity index is 1.79. The van der Waals surface area contributed by atoms with E-state index in [-0.39, 0.29) is 0 Å². The summed E-state index contributed by atoms with van der Waals surface area (Å²) in [5, 5.41) is 8.93. The van der Waals surface area contributed by atoms with Gasteiger partial charge >= 0.3 is 5.97 Å². The number of aromatic carboxylic acids is 1. The highest BCUT2D eigenvalue weighted by Crippen LogP contribution is 2.31. The molecule has 1 atom stereocenters. The van der Waals surface area contributed by atoms with Gasteiger partial charge in [-0.3, -0.25) is 4.90 Å². The van der Waals surface area contributed by atoms with Gasteiger partial charge in [-0.05, 0) is 56.5 Å². The summed E-state index contributed by atoms with van der Waals surface area (Å²) in [5.41, 5.74) is 3.01. The molecule has 1 aliphatic carbocycles. The van der Waals surface area contributed by atoms with Crippen molar-refractivity contribution >= 4 is 12.0 Å². The number of carboxylic acids is 1. The molecule has 0 radical (unpaired) electrons. The van der Waals surface area contributed by atoms with E-state index in [9.17, 15) is 4.79 Å². The normalized spacial score (nSPS) is 25.4. The molecular formula is C17H21NO2. The number of rotatable bonds is 3. The molecule has 1 unspecified atom stereocenters. The Labute approximate surface area is 119 Å². The summed E-state index contributed by atoms with van der Waals surface area (Å²) >= 11 is 0. The van der Waals surface area contributed by atoms with E-state index in [1.54, 1.807) is 12.1 Å². The van der Waals surface area contributed by atoms with E-state index in [2.05, 4.69) is 11.0 Å². The van der Waals surface area contributed by atoms with Crippen LogP contribution in [0.1, 0.15) is 48.0 Å². The Kier molecular flexibility index (Phi) is 3.88. The highest BCUT2D eigenvalue weighted by atomic mass is 16.4. The molecule has 106 valence electrons. The van der Waals surface area contributed by atoms with E-state index in [0.29, 0.717) is 11.6 Å². The molecule has 3 nitrogen and oxygen atoms in total. The second-order valence-electron chi connectivity index (χ2n) is 5.80. The third kappa shape index (κ3) is 2.78. The van der Waals surface area contributed by atoms with Crippen molar-refractivity contribution in [3.63, 3.8) is 0 Å². The van der Waals surface area contributed by atoms with Crippen LogP contribution in [-0.4, -0.2) is 35.1 Å². The zero-order chi connectivity index (χ0) is 13.9. The molecule has 3 rings (SSSR count). The number of carbonyl (C=O) groups is 1. The van der Waals surface area contributed by atoms with E-state index in [0.717, 1.165) is 5.56 Å². The van der Waals surface area contributed by atoms with Crippen LogP contribution in [-0.2, 0) is 0 Å². The van der Waals surface area contributed by atoms with E-state index in [1.165, 1.54) is 50.8 Å². The highest BCUT2D eigenvalue weighted by Gasteiger charge is 2.28. The zero-order valence-electron chi connectivity index (χ0n) is 11.7. The van der Waals surface area contributed by atoms with E-state index < -0.39 is 5.97 Å². The summed E-state index contributed by atoms with van der Waals surface area (Å²) in [6.45, 7) is 2.47. The van der Waals surface area contributed by atoms with Gasteiger partial charge in [-0.1, -0.05) is 30.2 Å². The lowest BCUT2D eigenvalue weighted by Gasteiger charge is -2.42. The fourth-order valence-electron chi connectivity index (χ4n) is 3.19. The molecule has 2 aliphatic rings. The second kappa shape index (κ2) is 5.80. The lowest BCUT2D eigenvalue weighted by molar-refractivity contribution is 0.0697. The third-order valence-electron chi connectivity index (χ3n) is 4.46. The molecule has 0 aromatic heterocycles. The van der Waals surface area contributed by atoms with Gasteiger partial charge in [-0.15, -0.1) is 0 Å². The maximum absolute atomic E-state index is 10.9. The summed E-state index contributed by atoms with van der Waals surface area (Å²) in [6, 6.07) is 7.83. The van der Waals surface area contributed by atoms with Gasteiger partial charge in [0.1, 0.15) is 0 Å². The topological polar surface area (TPSA) is 40.5 Å². The average molecular weight is 271 g/mol. The van der Waals surface area contributed by atoms with Crippen molar-refractivity contribution in [3.05, 3.63) is 41.0 Å². The Hall–Kier alpha value is -1.61. The summed E-state index contributed by atoms with van der Waals surface area (Å²) in [4.78, 5) is 13.4. The quantitative estimate of drug-likeness (QED) is 0.915. The first-order chi connectivity index (χ1) is 9.74. The lowest BCUT2D eigenvalue weighted by atomic mass is 9.86. The van der Waals surface area contributed by atoms with Crippen LogP contribution < -0.4 is 0 Å². The first kappa shape index (κ1) is 13.4. The van der Waals surface area contributed by atoms with Crippen LogP contribution in [0.5, 0.6) is 0 Å². The summed E-state index contributed by atoms with van der Waals surface area (Å²) in [7, 11) is 0. The molecule has 2 fully saturated rings. The van der Waals surface area contributed by atoms with Gasteiger partial charge in [0.15, 0.2) is 0 Å². The molecule has 1 saturated carbocycles. The fraction of sp³-hybridized carbons (Fsp3) is 0.471. The molecule has 0 amide bonds. The maximum Gasteiger partial charge on any atom is 0.335 e. The van der Waals surface area contributed by atoms with Gasteiger partial charge in [0.05, 0.1) is 5.56 Å². The molecule has 1 saturated heterocycles. The zero-order valence-corrected chi connectivity index (χ0v) is 11.7. The minimum Gasteiger partial charge on any atom is -0.478 e. The molecule has 20 heavy (non-hydrogen) atoms. The van der Waals surface area contributed by atoms with Crippen molar-refractivity contribution in [1.82, 2.24) is 4.90 Å². The van der Waals surface area contributed by atoms with Gasteiger partial charge in [0, 0.05) is 6.04 Å². The monoisotopic (exact) mass is 271 g/mol. The molecular weight excluding hydrogens is 250 g/mol. The Morgan fingerprint density at radius 2 is 1.90 bits per heavy atom. The van der Waals surface area contributed by atoms with Crippen LogP contribution in [0.3, 0.4) is 0 Å². The molecule has 1 aromatic carbocycles. The van der Waals surface area contributed by atoms with Crippen molar-refractivity contribution < 1.29 is 9.90 Å². The van der Waals surface area contributed by atoms with Gasteiger partial charge in [-0.2, -0.15) is 0 Å². The lowest BCUT2D eigenvalue weighted by Crippen LogP contribution is -2.46. The number of hydrogen-bond acceptors (Lipinski definition) is 2. The number of hydrogen-bond donors (Lipinski definition) is 1. The van der Waals surface area contributed by atoms with Crippen LogP contribution in [0.2, 0.25) is 0 Å². The average Bonchev–Trinajstić information content (AvgIpc) is 2.39. The minimum atomic E-state index is -0.861. The van der Waals surface area contributed by atoms with Crippen molar-refractivity contribution in [2.45, 2.75) is 38.1 Å². The van der Waals surface area contributed by atoms with Gasteiger partial charge < -0.3 is 5.11 Å². The van der Waals surface area contributed by atoms with Crippen LogP contribution in [0.25, 0.3) is 6.08 Å². The Morgan fingerprint density at radius 3 is 2.50 bits per heavy atom. The number of carboxylic acid groups (broad SMARTS) is 1. The highest BCUT2D eigenvalue weighted by molar-refractivity contribution is 5.87. The van der Waals surface area contributed by atoms with Gasteiger partial charge in [0.25, 0.3) is 0 Å². The summed E-state index contributed by atoms with van der Waals surface area (Å²) in [5.74, 6) is -0.861. The maximum atomic E-state index is 10.9. The van der Waals surface area contributed by atoms with Crippen molar-refractivity contribution in [3.8, 4) is 0 Å². The molecule has 1 aliphatic heterocycles. The van der Waals surface area contributed by atoms with Gasteiger partial charge in [-0.25, -0.2) is 4.79 Å². The molecule has 0 spiro atoms. The fourth-order valence-corrected chi connectivity index (χ4v) is 3.19. The SMILES string of the molecule is O=C(O)c1ccc(C=C2CCCCC2N2CCC2)cc1. The third-order valence-corrected chi connectivity index (χ3v) is 4.46. The number of likely N-dealkylation sites (tertiary alicyclic amines) is 1. The van der Waals surface area contributed by atoms with Crippen molar-refractivity contribution in [2.24, 2.45) is 0 Å². The van der Waals surface area contributed by atoms with Crippen LogP contribution >= 0.6 is 0 Å². The largest absolute Gasteiger partial charge is 0.478 e. The molecule has 0 bridgehead atoms. The van der Waals surface area contributed by atoms with Crippen LogP contribution in [0.15, 0.2) is 29.8 Å². The Bertz CT molecular complexity index is 514. The van der Waals surface area contributed by atoms with Crippen LogP contribution in [0, 0.1) is 0 Å². The van der Waals surface area contributed by atoms with Crippen molar-refractivity contribution in [2.75, 3.05) is 13.1 Å². The number of nitrogens with zero attached hydrogens (tertiary/aromatic N) is 1. The van der Waals surface area contributed by atoms with Gasteiger partial charge in [0.2, 0.25) is 0 Å². The van der Waals surface area contributed by atoms with E-state index >= 15 is 0 Å². The summed E-state index contributed by atoms with van der Waals surface area (Å²) < 4.78 is 0. The first-order valence-electron chi connectivity index (χ1n) is 7.52. The van der Waals surface area contributed by atoms with E-state index in [1.807, 2.05) is 12.1 Å².